The van der Waals surface area contributed by atoms with Crippen LogP contribution in [0.4, 0.5) is 0 Å². The third-order valence-corrected chi connectivity index (χ3v) is 2.76. The first-order valence-electron chi connectivity index (χ1n) is 4.13. The number of aliphatic hydroxyl groups is 1. The van der Waals surface area contributed by atoms with Crippen molar-refractivity contribution in [1.82, 2.24) is 4.98 Å². The van der Waals surface area contributed by atoms with Crippen LogP contribution in [0.15, 0.2) is 18.2 Å². The van der Waals surface area contributed by atoms with E-state index in [1.54, 1.807) is 17.8 Å². The van der Waals surface area contributed by atoms with Gasteiger partial charge in [0.25, 0.3) is 0 Å². The highest BCUT2D eigenvalue weighted by Crippen LogP contribution is 2.13. The van der Waals surface area contributed by atoms with Crippen molar-refractivity contribution >= 4 is 23.4 Å². The van der Waals surface area contributed by atoms with Crippen molar-refractivity contribution in [3.8, 4) is 0 Å². The van der Waals surface area contributed by atoms with Gasteiger partial charge in [-0.15, -0.1) is 0 Å². The van der Waals surface area contributed by atoms with Crippen LogP contribution < -0.4 is 0 Å². The minimum atomic E-state index is 0.260. The van der Waals surface area contributed by atoms with Crippen LogP contribution in [0.2, 0.25) is 5.15 Å². The summed E-state index contributed by atoms with van der Waals surface area (Å²) in [7, 11) is 0. The summed E-state index contributed by atoms with van der Waals surface area (Å²) in [4.78, 5) is 4.15. The molecule has 1 aromatic rings. The van der Waals surface area contributed by atoms with E-state index in [4.69, 9.17) is 16.7 Å². The van der Waals surface area contributed by atoms with Crippen LogP contribution in [0.3, 0.4) is 0 Å². The van der Waals surface area contributed by atoms with E-state index in [1.807, 2.05) is 12.1 Å². The van der Waals surface area contributed by atoms with E-state index in [-0.39, 0.29) is 6.61 Å². The smallest absolute Gasteiger partial charge is 0.129 e. The van der Waals surface area contributed by atoms with Crippen molar-refractivity contribution in [3.63, 3.8) is 0 Å². The van der Waals surface area contributed by atoms with Crippen molar-refractivity contribution in [2.75, 3.05) is 12.4 Å². The Morgan fingerprint density at radius 3 is 3.00 bits per heavy atom. The summed E-state index contributed by atoms with van der Waals surface area (Å²) in [5.41, 5.74) is 0.996. The zero-order valence-corrected chi connectivity index (χ0v) is 8.81. The zero-order chi connectivity index (χ0) is 9.52. The molecule has 0 atom stereocenters. The maximum atomic E-state index is 8.56. The molecule has 0 aliphatic heterocycles. The van der Waals surface area contributed by atoms with Gasteiger partial charge in [-0.3, -0.25) is 0 Å². The van der Waals surface area contributed by atoms with Crippen molar-refractivity contribution in [2.24, 2.45) is 0 Å². The van der Waals surface area contributed by atoms with Crippen molar-refractivity contribution in [2.45, 2.75) is 12.2 Å². The summed E-state index contributed by atoms with van der Waals surface area (Å²) in [6.07, 6.45) is 0.839. The van der Waals surface area contributed by atoms with Gasteiger partial charge < -0.3 is 5.11 Å². The van der Waals surface area contributed by atoms with Gasteiger partial charge in [0.05, 0.1) is 5.69 Å². The van der Waals surface area contributed by atoms with Crippen LogP contribution in [-0.4, -0.2) is 22.5 Å². The summed E-state index contributed by atoms with van der Waals surface area (Å²) in [5.74, 6) is 1.82. The molecule has 0 saturated carbocycles. The minimum absolute atomic E-state index is 0.260. The van der Waals surface area contributed by atoms with E-state index in [0.29, 0.717) is 5.15 Å². The predicted octanol–water partition coefficient (Wildman–Crippen LogP) is 2.35. The molecule has 0 saturated heterocycles. The standard InChI is InChI=1S/C9H12ClNOS/c10-9-4-1-3-8(11-9)7-13-6-2-5-12/h1,3-4,12H,2,5-7H2. The van der Waals surface area contributed by atoms with Crippen LogP contribution in [0.25, 0.3) is 0 Å². The number of halogens is 1. The van der Waals surface area contributed by atoms with E-state index in [9.17, 15) is 0 Å². The first kappa shape index (κ1) is 10.8. The second-order valence-corrected chi connectivity index (χ2v) is 4.07. The quantitative estimate of drug-likeness (QED) is 0.607. The highest BCUT2D eigenvalue weighted by Gasteiger charge is 1.95. The second kappa shape index (κ2) is 6.24. The Bertz CT molecular complexity index is 257. The first-order valence-corrected chi connectivity index (χ1v) is 5.66. The van der Waals surface area contributed by atoms with Gasteiger partial charge in [-0.05, 0) is 24.3 Å². The Hall–Kier alpha value is -0.250. The SMILES string of the molecule is OCCCSCc1cccc(Cl)n1. The molecule has 0 aliphatic carbocycles. The second-order valence-electron chi connectivity index (χ2n) is 2.58. The number of nitrogens with zero attached hydrogens (tertiary/aromatic N) is 1. The molecule has 13 heavy (non-hydrogen) atoms. The summed E-state index contributed by atoms with van der Waals surface area (Å²) in [6, 6.07) is 5.62. The topological polar surface area (TPSA) is 33.1 Å². The molecule has 1 aromatic heterocycles. The number of thioether (sulfide) groups is 1. The van der Waals surface area contributed by atoms with Crippen LogP contribution in [-0.2, 0) is 5.75 Å². The Balaban J connectivity index is 2.28. The third-order valence-electron chi connectivity index (χ3n) is 1.47. The first-order chi connectivity index (χ1) is 6.33. The van der Waals surface area contributed by atoms with Gasteiger partial charge in [0.2, 0.25) is 0 Å². The normalized spacial score (nSPS) is 10.3. The van der Waals surface area contributed by atoms with E-state index >= 15 is 0 Å². The molecule has 0 amide bonds. The lowest BCUT2D eigenvalue weighted by Gasteiger charge is -2.00. The number of hydrogen-bond donors (Lipinski definition) is 1. The van der Waals surface area contributed by atoms with Gasteiger partial charge in [-0.2, -0.15) is 11.8 Å². The molecule has 2 nitrogen and oxygen atoms in total. The van der Waals surface area contributed by atoms with Gasteiger partial charge in [-0.1, -0.05) is 17.7 Å². The minimum Gasteiger partial charge on any atom is -0.396 e. The molecule has 0 fully saturated rings. The third kappa shape index (κ3) is 4.50. The van der Waals surface area contributed by atoms with Gasteiger partial charge in [-0.25, -0.2) is 4.98 Å². The van der Waals surface area contributed by atoms with Crippen molar-refractivity contribution < 1.29 is 5.11 Å². The number of aromatic nitrogens is 1. The van der Waals surface area contributed by atoms with Crippen LogP contribution in [0.1, 0.15) is 12.1 Å². The summed E-state index contributed by atoms with van der Waals surface area (Å²) in [6.45, 7) is 0.260. The van der Waals surface area contributed by atoms with Gasteiger partial charge in [0, 0.05) is 12.4 Å². The lowest BCUT2D eigenvalue weighted by Crippen LogP contribution is -1.90. The highest BCUT2D eigenvalue weighted by atomic mass is 35.5. The summed E-state index contributed by atoms with van der Waals surface area (Å²) >= 11 is 7.48. The van der Waals surface area contributed by atoms with E-state index in [1.165, 1.54) is 0 Å². The van der Waals surface area contributed by atoms with E-state index < -0.39 is 0 Å². The van der Waals surface area contributed by atoms with E-state index in [2.05, 4.69) is 4.98 Å². The van der Waals surface area contributed by atoms with Gasteiger partial charge in [0.15, 0.2) is 0 Å². The molecule has 1 N–H and O–H groups in total. The molecule has 0 bridgehead atoms. The molecule has 72 valence electrons. The van der Waals surface area contributed by atoms with Crippen LogP contribution in [0.5, 0.6) is 0 Å². The average Bonchev–Trinajstić information content (AvgIpc) is 2.13. The Labute approximate surface area is 87.3 Å². The van der Waals surface area contributed by atoms with E-state index in [0.717, 1.165) is 23.6 Å². The Morgan fingerprint density at radius 2 is 2.31 bits per heavy atom. The Morgan fingerprint density at radius 1 is 1.46 bits per heavy atom. The average molecular weight is 218 g/mol. The molecule has 1 heterocycles. The van der Waals surface area contributed by atoms with Crippen LogP contribution >= 0.6 is 23.4 Å². The molecule has 1 rings (SSSR count). The number of rotatable bonds is 5. The fraction of sp³-hybridized carbons (Fsp3) is 0.444. The maximum absolute atomic E-state index is 8.56. The van der Waals surface area contributed by atoms with Crippen molar-refractivity contribution in [3.05, 3.63) is 29.0 Å². The largest absolute Gasteiger partial charge is 0.396 e. The maximum Gasteiger partial charge on any atom is 0.129 e. The van der Waals surface area contributed by atoms with Crippen molar-refractivity contribution in [1.29, 1.82) is 0 Å². The molecule has 0 aliphatic rings. The number of hydrogen-bond acceptors (Lipinski definition) is 3. The molecule has 4 heteroatoms. The molecule has 0 radical (unpaired) electrons. The lowest BCUT2D eigenvalue weighted by molar-refractivity contribution is 0.296. The van der Waals surface area contributed by atoms with Gasteiger partial charge >= 0.3 is 0 Å². The molecule has 0 spiro atoms. The monoisotopic (exact) mass is 217 g/mol. The Kier molecular flexibility index (Phi) is 5.20. The summed E-state index contributed by atoms with van der Waals surface area (Å²) in [5, 5.41) is 9.10. The fourth-order valence-electron chi connectivity index (χ4n) is 0.874. The predicted molar refractivity (Wildman–Crippen MR) is 57.1 cm³/mol. The number of aliphatic hydroxyl groups excluding tert-OH is 1. The molecule has 0 unspecified atom stereocenters. The summed E-state index contributed by atoms with van der Waals surface area (Å²) < 4.78 is 0. The molecular formula is C9H12ClNOS. The lowest BCUT2D eigenvalue weighted by atomic mass is 10.4. The zero-order valence-electron chi connectivity index (χ0n) is 7.24. The molecular weight excluding hydrogens is 206 g/mol. The molecule has 0 aromatic carbocycles. The fourth-order valence-corrected chi connectivity index (χ4v) is 1.90. The highest BCUT2D eigenvalue weighted by molar-refractivity contribution is 7.98. The van der Waals surface area contributed by atoms with Gasteiger partial charge in [0.1, 0.15) is 5.15 Å². The van der Waals surface area contributed by atoms with Crippen LogP contribution in [0, 0.1) is 0 Å². The number of pyridine rings is 1.